The molecule has 2 aromatic carbocycles. The molecule has 2 aliphatic rings. The van der Waals surface area contributed by atoms with E-state index in [9.17, 15) is 27.6 Å². The maximum absolute atomic E-state index is 13.4. The minimum absolute atomic E-state index is 0.0347. The lowest BCUT2D eigenvalue weighted by Gasteiger charge is -2.28. The average Bonchev–Trinajstić information content (AvgIpc) is 3.67. The maximum atomic E-state index is 13.4. The molecule has 2 aliphatic heterocycles. The molecule has 2 aromatic rings. The Morgan fingerprint density at radius 3 is 2.29 bits per heavy atom. The van der Waals surface area contributed by atoms with E-state index < -0.39 is 51.7 Å². The molecule has 244 valence electrons. The van der Waals surface area contributed by atoms with Crippen LogP contribution in [-0.2, 0) is 40.3 Å². The van der Waals surface area contributed by atoms with Crippen LogP contribution in [0.3, 0.4) is 0 Å². The van der Waals surface area contributed by atoms with Crippen LogP contribution < -0.4 is 10.6 Å². The van der Waals surface area contributed by atoms with Crippen molar-refractivity contribution >= 4 is 39.6 Å². The van der Waals surface area contributed by atoms with E-state index in [0.29, 0.717) is 43.5 Å². The number of anilines is 1. The van der Waals surface area contributed by atoms with Gasteiger partial charge in [0.25, 0.3) is 0 Å². The van der Waals surface area contributed by atoms with E-state index in [4.69, 9.17) is 9.47 Å². The van der Waals surface area contributed by atoms with Gasteiger partial charge in [0.1, 0.15) is 23.7 Å². The minimum Gasteiger partial charge on any atom is -0.467 e. The zero-order chi connectivity index (χ0) is 32.9. The molecule has 0 radical (unpaired) electrons. The summed E-state index contributed by atoms with van der Waals surface area (Å²) in [6.45, 7) is 7.76. The summed E-state index contributed by atoms with van der Waals surface area (Å²) >= 11 is 0. The highest BCUT2D eigenvalue weighted by Crippen LogP contribution is 2.27. The number of likely N-dealkylation sites (tertiary alicyclic amines) is 1. The van der Waals surface area contributed by atoms with Crippen molar-refractivity contribution < 1.29 is 37.1 Å². The van der Waals surface area contributed by atoms with Crippen LogP contribution in [0.15, 0.2) is 53.4 Å². The van der Waals surface area contributed by atoms with Gasteiger partial charge in [-0.15, -0.1) is 0 Å². The van der Waals surface area contributed by atoms with E-state index in [0.717, 1.165) is 5.56 Å². The normalized spacial score (nSPS) is 19.5. The number of hydrogen-bond donors (Lipinski definition) is 2. The number of amides is 3. The lowest BCUT2D eigenvalue weighted by molar-refractivity contribution is -0.145. The Hall–Kier alpha value is -3.97. The molecule has 4 rings (SSSR count). The molecular weight excluding hydrogens is 600 g/mol. The van der Waals surface area contributed by atoms with Crippen LogP contribution in [0.4, 0.5) is 10.5 Å². The number of ether oxygens (including phenoxy) is 2. The van der Waals surface area contributed by atoms with Gasteiger partial charge in [0, 0.05) is 25.2 Å². The fourth-order valence-electron chi connectivity index (χ4n) is 5.55. The van der Waals surface area contributed by atoms with E-state index in [1.807, 2.05) is 6.92 Å². The highest BCUT2D eigenvalue weighted by molar-refractivity contribution is 7.89. The van der Waals surface area contributed by atoms with Gasteiger partial charge in [-0.25, -0.2) is 18.0 Å². The predicted octanol–water partition coefficient (Wildman–Crippen LogP) is 3.39. The van der Waals surface area contributed by atoms with Crippen LogP contribution in [0.1, 0.15) is 57.6 Å². The molecule has 2 fully saturated rings. The van der Waals surface area contributed by atoms with Gasteiger partial charge in [0.15, 0.2) is 0 Å². The quantitative estimate of drug-likeness (QED) is 0.395. The molecule has 2 N–H and O–H groups in total. The molecule has 1 unspecified atom stereocenters. The SMILES string of the molecule is COC(=O)[C@H](Cc1cccc(NC(=O)C2CCCN2C(=O)OC(C)(C)C)c1)NC(=O)[C@@H]1CCCN1S(=O)(=O)c1ccc(C)cc1. The Labute approximate surface area is 264 Å². The van der Waals surface area contributed by atoms with Gasteiger partial charge in [-0.2, -0.15) is 4.31 Å². The topological polar surface area (TPSA) is 151 Å². The first kappa shape index (κ1) is 33.9. The average molecular weight is 643 g/mol. The Morgan fingerprint density at radius 1 is 0.956 bits per heavy atom. The van der Waals surface area contributed by atoms with Crippen molar-refractivity contribution in [3.8, 4) is 0 Å². The fourth-order valence-corrected chi connectivity index (χ4v) is 7.21. The van der Waals surface area contributed by atoms with Crippen molar-refractivity contribution in [2.45, 2.75) is 88.4 Å². The number of aryl methyl sites for hydroxylation is 1. The number of esters is 1. The Kier molecular flexibility index (Phi) is 10.5. The van der Waals surface area contributed by atoms with Gasteiger partial charge < -0.3 is 20.1 Å². The molecule has 0 saturated carbocycles. The van der Waals surface area contributed by atoms with Crippen LogP contribution in [0.2, 0.25) is 0 Å². The van der Waals surface area contributed by atoms with Gasteiger partial charge in [-0.1, -0.05) is 29.8 Å². The molecular formula is C32H42N4O8S. The lowest BCUT2D eigenvalue weighted by atomic mass is 10.0. The van der Waals surface area contributed by atoms with Crippen LogP contribution in [0.5, 0.6) is 0 Å². The summed E-state index contributed by atoms with van der Waals surface area (Å²) < 4.78 is 38.3. The summed E-state index contributed by atoms with van der Waals surface area (Å²) in [6.07, 6.45) is 1.47. The van der Waals surface area contributed by atoms with E-state index in [1.165, 1.54) is 28.4 Å². The second-order valence-electron chi connectivity index (χ2n) is 12.4. The van der Waals surface area contributed by atoms with Crippen molar-refractivity contribution in [2.24, 2.45) is 0 Å². The van der Waals surface area contributed by atoms with Crippen LogP contribution in [-0.4, -0.2) is 85.4 Å². The Balaban J connectivity index is 1.44. The fraction of sp³-hybridized carbons (Fsp3) is 0.500. The summed E-state index contributed by atoms with van der Waals surface area (Å²) in [5, 5.41) is 5.55. The number of methoxy groups -OCH3 is 1. The van der Waals surface area contributed by atoms with Crippen molar-refractivity contribution in [1.82, 2.24) is 14.5 Å². The molecule has 2 heterocycles. The molecule has 3 atom stereocenters. The highest BCUT2D eigenvalue weighted by Gasteiger charge is 2.41. The smallest absolute Gasteiger partial charge is 0.410 e. The molecule has 2 saturated heterocycles. The van der Waals surface area contributed by atoms with Crippen molar-refractivity contribution in [3.05, 3.63) is 59.7 Å². The van der Waals surface area contributed by atoms with Crippen molar-refractivity contribution in [3.63, 3.8) is 0 Å². The summed E-state index contributed by atoms with van der Waals surface area (Å²) in [6, 6.07) is 10.5. The highest BCUT2D eigenvalue weighted by atomic mass is 32.2. The predicted molar refractivity (Wildman–Crippen MR) is 167 cm³/mol. The largest absolute Gasteiger partial charge is 0.467 e. The van der Waals surface area contributed by atoms with E-state index in [-0.39, 0.29) is 23.8 Å². The monoisotopic (exact) mass is 642 g/mol. The number of nitrogens with one attached hydrogen (secondary N) is 2. The number of sulfonamides is 1. The standard InChI is InChI=1S/C32H42N4O8S/c1-21-13-15-24(16-14-21)45(41,42)36-18-8-12-27(36)29(38)34-25(30(39)43-5)20-22-9-6-10-23(19-22)33-28(37)26-11-7-17-35(26)31(40)44-32(2,3)4/h6,9-10,13-16,19,25-27H,7-8,11-12,17-18,20H2,1-5H3,(H,33,37)(H,34,38)/t25-,26?,27-/m0/s1. The van der Waals surface area contributed by atoms with E-state index in [1.54, 1.807) is 57.2 Å². The number of carbonyl (C=O) groups excluding carboxylic acids is 4. The first-order valence-corrected chi connectivity index (χ1v) is 16.5. The first-order valence-electron chi connectivity index (χ1n) is 15.1. The molecule has 3 amide bonds. The number of rotatable bonds is 9. The van der Waals surface area contributed by atoms with Crippen LogP contribution in [0.25, 0.3) is 0 Å². The molecule has 0 spiro atoms. The molecule has 0 aromatic heterocycles. The number of benzene rings is 2. The second kappa shape index (κ2) is 14.0. The molecule has 12 nitrogen and oxygen atoms in total. The minimum atomic E-state index is -3.93. The van der Waals surface area contributed by atoms with E-state index in [2.05, 4.69) is 10.6 Å². The van der Waals surface area contributed by atoms with Crippen LogP contribution >= 0.6 is 0 Å². The summed E-state index contributed by atoms with van der Waals surface area (Å²) in [7, 11) is -2.72. The third-order valence-corrected chi connectivity index (χ3v) is 9.68. The third-order valence-electron chi connectivity index (χ3n) is 7.75. The summed E-state index contributed by atoms with van der Waals surface area (Å²) in [5.41, 5.74) is 1.30. The number of carbonyl (C=O) groups is 4. The molecule has 45 heavy (non-hydrogen) atoms. The zero-order valence-corrected chi connectivity index (χ0v) is 27.2. The molecule has 13 heteroatoms. The molecule has 0 aliphatic carbocycles. The number of nitrogens with zero attached hydrogens (tertiary/aromatic N) is 2. The van der Waals surface area contributed by atoms with Crippen molar-refractivity contribution in [1.29, 1.82) is 0 Å². The van der Waals surface area contributed by atoms with Gasteiger partial charge in [0.05, 0.1) is 12.0 Å². The van der Waals surface area contributed by atoms with Crippen LogP contribution in [0, 0.1) is 6.92 Å². The van der Waals surface area contributed by atoms with Gasteiger partial charge in [0.2, 0.25) is 21.8 Å². The Morgan fingerprint density at radius 2 is 1.62 bits per heavy atom. The first-order chi connectivity index (χ1) is 21.2. The van der Waals surface area contributed by atoms with Crippen molar-refractivity contribution in [2.75, 3.05) is 25.5 Å². The van der Waals surface area contributed by atoms with Gasteiger partial charge in [-0.05, 0) is 83.2 Å². The Bertz CT molecular complexity index is 1520. The third kappa shape index (κ3) is 8.40. The second-order valence-corrected chi connectivity index (χ2v) is 14.3. The van der Waals surface area contributed by atoms with E-state index >= 15 is 0 Å². The maximum Gasteiger partial charge on any atom is 0.410 e. The molecule has 0 bridgehead atoms. The summed E-state index contributed by atoms with van der Waals surface area (Å²) in [5.74, 6) is -1.64. The number of hydrogen-bond acceptors (Lipinski definition) is 8. The van der Waals surface area contributed by atoms with Gasteiger partial charge in [-0.3, -0.25) is 14.5 Å². The summed E-state index contributed by atoms with van der Waals surface area (Å²) in [4.78, 5) is 53.5. The zero-order valence-electron chi connectivity index (χ0n) is 26.4. The van der Waals surface area contributed by atoms with Gasteiger partial charge >= 0.3 is 12.1 Å². The lowest BCUT2D eigenvalue weighted by Crippen LogP contribution is -2.51.